The number of pyridine rings is 1. The van der Waals surface area contributed by atoms with E-state index in [9.17, 15) is 0 Å². The Balaban J connectivity index is 0.00000306. The van der Waals surface area contributed by atoms with Gasteiger partial charge in [-0.2, -0.15) is 0 Å². The first-order valence-electron chi connectivity index (χ1n) is 11.5. The molecule has 174 valence electrons. The lowest BCUT2D eigenvalue weighted by atomic mass is 10.0. The summed E-state index contributed by atoms with van der Waals surface area (Å²) in [7, 11) is 0. The number of hydrogen-bond acceptors (Lipinski definition) is 3. The van der Waals surface area contributed by atoms with E-state index >= 15 is 0 Å². The van der Waals surface area contributed by atoms with E-state index in [1.165, 1.54) is 27.7 Å². The van der Waals surface area contributed by atoms with Gasteiger partial charge in [-0.15, -0.1) is 0 Å². The lowest BCUT2D eigenvalue weighted by Crippen LogP contribution is -2.19. The smallest absolute Gasteiger partial charge is 0.122 e. The first-order chi connectivity index (χ1) is 15.6. The second kappa shape index (κ2) is 11.2. The zero-order valence-electron chi connectivity index (χ0n) is 19.6. The van der Waals surface area contributed by atoms with E-state index in [1.807, 2.05) is 13.8 Å². The van der Waals surface area contributed by atoms with Crippen LogP contribution in [0.15, 0.2) is 71.9 Å². The molecule has 0 radical (unpaired) electrons. The Bertz CT molecular complexity index is 1270. The number of nitrogens with zero attached hydrogens (tertiary/aromatic N) is 2. The normalized spacial score (nSPS) is 11.8. The number of aryl methyl sites for hydroxylation is 3. The van der Waals surface area contributed by atoms with Gasteiger partial charge in [0.1, 0.15) is 11.5 Å². The summed E-state index contributed by atoms with van der Waals surface area (Å²) in [4.78, 5) is 5.71. The van der Waals surface area contributed by atoms with Crippen molar-refractivity contribution in [1.29, 1.82) is 0 Å². The summed E-state index contributed by atoms with van der Waals surface area (Å²) >= 11 is 0. The van der Waals surface area contributed by atoms with E-state index in [-0.39, 0.29) is 13.5 Å². The van der Waals surface area contributed by atoms with Crippen LogP contribution in [0.3, 0.4) is 0 Å². The van der Waals surface area contributed by atoms with Gasteiger partial charge in [0.15, 0.2) is 0 Å². The fourth-order valence-corrected chi connectivity index (χ4v) is 4.19. The Morgan fingerprint density at radius 2 is 1.64 bits per heavy atom. The second-order valence-electron chi connectivity index (χ2n) is 8.68. The van der Waals surface area contributed by atoms with E-state index in [1.54, 1.807) is 0 Å². The summed E-state index contributed by atoms with van der Waals surface area (Å²) < 4.78 is 2.46. The number of aromatic nitrogens is 1. The molecule has 0 saturated carbocycles. The Hall–Kier alpha value is -3.11. The zero-order valence-corrected chi connectivity index (χ0v) is 19.6. The summed E-state index contributed by atoms with van der Waals surface area (Å²) in [5, 5.41) is 11.4. The van der Waals surface area contributed by atoms with Crippen molar-refractivity contribution < 1.29 is 4.84 Å². The van der Waals surface area contributed by atoms with Crippen LogP contribution >= 0.6 is 0 Å². The maximum absolute atomic E-state index is 5.71. The Labute approximate surface area is 197 Å². The van der Waals surface area contributed by atoms with Crippen LogP contribution < -0.4 is 10.7 Å². The molecule has 4 rings (SSSR count). The molecule has 1 N–H and O–H groups in total. The highest BCUT2D eigenvalue weighted by Gasteiger charge is 2.13. The summed E-state index contributed by atoms with van der Waals surface area (Å²) in [5.74, 6) is 0. The Morgan fingerprint density at radius 3 is 2.39 bits per heavy atom. The number of rotatable bonds is 8. The predicted octanol–water partition coefficient (Wildman–Crippen LogP) is 6.47. The molecule has 0 spiro atoms. The van der Waals surface area contributed by atoms with Gasteiger partial charge < -0.3 is 14.7 Å². The van der Waals surface area contributed by atoms with Gasteiger partial charge in [-0.3, -0.25) is 0 Å². The van der Waals surface area contributed by atoms with Crippen LogP contribution in [0, 0.1) is 13.8 Å². The van der Waals surface area contributed by atoms with Crippen molar-refractivity contribution in [3.8, 4) is 0 Å². The van der Waals surface area contributed by atoms with Crippen molar-refractivity contribution in [3.05, 3.63) is 88.8 Å². The summed E-state index contributed by atoms with van der Waals surface area (Å²) in [5.41, 5.74) is 6.35. The second-order valence-corrected chi connectivity index (χ2v) is 8.68. The highest BCUT2D eigenvalue weighted by atomic mass is 16.6. The zero-order chi connectivity index (χ0) is 22.5. The highest BCUT2D eigenvalue weighted by Crippen LogP contribution is 2.25. The third-order valence-electron chi connectivity index (χ3n) is 5.94. The van der Waals surface area contributed by atoms with Gasteiger partial charge in [-0.25, -0.2) is 0 Å². The number of hydrogen-bond donors (Lipinski definition) is 1. The van der Waals surface area contributed by atoms with Gasteiger partial charge in [0.05, 0.1) is 11.0 Å². The van der Waals surface area contributed by atoms with Gasteiger partial charge in [0.2, 0.25) is 0 Å². The standard InChI is InChI=1S/C28H33N3O.CH4/c1-20(2)32-30-27-24-13-8-9-14-26(24)31(28-22(4)21(3)15-16-25(27)28)18-10-17-29-19-23-11-6-5-7-12-23;/h5-9,11-16,20,29H,10,17-19H2,1-4H3;1H4/b30-27+;. The van der Waals surface area contributed by atoms with Crippen LogP contribution in [0.5, 0.6) is 0 Å². The van der Waals surface area contributed by atoms with Crippen molar-refractivity contribution in [2.75, 3.05) is 6.54 Å². The molecule has 4 aromatic rings. The topological polar surface area (TPSA) is 38.5 Å². The average Bonchev–Trinajstić information content (AvgIpc) is 2.80. The van der Waals surface area contributed by atoms with Crippen LogP contribution in [-0.4, -0.2) is 17.2 Å². The number of para-hydroxylation sites is 1. The summed E-state index contributed by atoms with van der Waals surface area (Å²) in [6.45, 7) is 11.2. The van der Waals surface area contributed by atoms with Crippen LogP contribution in [0.1, 0.15) is 44.4 Å². The fraction of sp³-hybridized carbons (Fsp3) is 0.345. The molecule has 33 heavy (non-hydrogen) atoms. The fourth-order valence-electron chi connectivity index (χ4n) is 4.19. The first-order valence-corrected chi connectivity index (χ1v) is 11.5. The van der Waals surface area contributed by atoms with Gasteiger partial charge in [0, 0.05) is 23.9 Å². The monoisotopic (exact) mass is 443 g/mol. The minimum Gasteiger partial charge on any atom is -0.393 e. The number of nitrogens with one attached hydrogen (secondary N) is 1. The third-order valence-corrected chi connectivity index (χ3v) is 5.94. The van der Waals surface area contributed by atoms with Crippen molar-refractivity contribution in [2.45, 2.75) is 60.7 Å². The number of fused-ring (bicyclic) bond motifs is 2. The van der Waals surface area contributed by atoms with E-state index < -0.39 is 0 Å². The number of benzene rings is 3. The molecule has 0 fully saturated rings. The molecular weight excluding hydrogens is 406 g/mol. The molecule has 3 aromatic carbocycles. The van der Waals surface area contributed by atoms with E-state index in [2.05, 4.69) is 95.6 Å². The molecule has 0 aliphatic rings. The molecule has 0 aliphatic carbocycles. The average molecular weight is 444 g/mol. The van der Waals surface area contributed by atoms with Crippen LogP contribution in [0.4, 0.5) is 0 Å². The van der Waals surface area contributed by atoms with Gasteiger partial charge in [-0.1, -0.05) is 73.2 Å². The van der Waals surface area contributed by atoms with Crippen molar-refractivity contribution in [2.24, 2.45) is 5.16 Å². The van der Waals surface area contributed by atoms with E-state index in [4.69, 9.17) is 4.84 Å². The minimum atomic E-state index is 0. The van der Waals surface area contributed by atoms with Gasteiger partial charge in [-0.05, 0) is 63.4 Å². The van der Waals surface area contributed by atoms with Crippen molar-refractivity contribution in [1.82, 2.24) is 9.88 Å². The van der Waals surface area contributed by atoms with Crippen molar-refractivity contribution >= 4 is 21.8 Å². The van der Waals surface area contributed by atoms with Crippen LogP contribution in [-0.2, 0) is 17.9 Å². The molecule has 0 atom stereocenters. The molecule has 0 bridgehead atoms. The molecule has 0 amide bonds. The molecule has 1 aromatic heterocycles. The molecule has 0 unspecified atom stereocenters. The molecule has 4 heteroatoms. The SMILES string of the molecule is C.Cc1ccc2/c(=N/OC(C)C)c3ccccc3n(CCCNCc3ccccc3)c2c1C. The maximum Gasteiger partial charge on any atom is 0.122 e. The Morgan fingerprint density at radius 1 is 0.909 bits per heavy atom. The summed E-state index contributed by atoms with van der Waals surface area (Å²) in [6, 6.07) is 23.5. The highest BCUT2D eigenvalue weighted by molar-refractivity contribution is 5.95. The quantitative estimate of drug-likeness (QED) is 0.193. The van der Waals surface area contributed by atoms with Gasteiger partial charge >= 0.3 is 0 Å². The Kier molecular flexibility index (Phi) is 8.29. The van der Waals surface area contributed by atoms with Crippen LogP contribution in [0.2, 0.25) is 0 Å². The third kappa shape index (κ3) is 5.45. The predicted molar refractivity (Wildman–Crippen MR) is 140 cm³/mol. The molecule has 1 heterocycles. The lowest BCUT2D eigenvalue weighted by molar-refractivity contribution is 0.0777. The van der Waals surface area contributed by atoms with Gasteiger partial charge in [0.25, 0.3) is 0 Å². The molecule has 0 saturated heterocycles. The van der Waals surface area contributed by atoms with Crippen LogP contribution in [0.25, 0.3) is 21.8 Å². The van der Waals surface area contributed by atoms with E-state index in [0.717, 1.165) is 42.2 Å². The van der Waals surface area contributed by atoms with E-state index in [0.29, 0.717) is 0 Å². The maximum atomic E-state index is 5.71. The molecular formula is C29H37N3O. The molecule has 0 aliphatic heterocycles. The minimum absolute atomic E-state index is 0. The lowest BCUT2D eigenvalue weighted by Gasteiger charge is -2.19. The largest absolute Gasteiger partial charge is 0.393 e. The molecule has 4 nitrogen and oxygen atoms in total. The summed E-state index contributed by atoms with van der Waals surface area (Å²) in [6.07, 6.45) is 1.08. The van der Waals surface area contributed by atoms with Crippen molar-refractivity contribution in [3.63, 3.8) is 0 Å². The first kappa shape index (κ1) is 24.5.